The Bertz CT molecular complexity index is 859. The lowest BCUT2D eigenvalue weighted by atomic mass is 10.3. The van der Waals surface area contributed by atoms with E-state index in [2.05, 4.69) is 10.3 Å². The van der Waals surface area contributed by atoms with E-state index >= 15 is 0 Å². The number of nitrogens with zero attached hydrogens (tertiary/aromatic N) is 1. The van der Waals surface area contributed by atoms with Crippen LogP contribution in [0, 0.1) is 0 Å². The quantitative estimate of drug-likeness (QED) is 0.460. The van der Waals surface area contributed by atoms with Crippen molar-refractivity contribution in [1.82, 2.24) is 4.98 Å². The Morgan fingerprint density at radius 2 is 1.68 bits per heavy atom. The van der Waals surface area contributed by atoms with E-state index in [0.29, 0.717) is 10.7 Å². The van der Waals surface area contributed by atoms with Crippen molar-refractivity contribution in [3.8, 4) is 0 Å². The summed E-state index contributed by atoms with van der Waals surface area (Å²) < 4.78 is 4.83. The molecule has 0 aliphatic carbocycles. The number of aromatic nitrogens is 1. The van der Waals surface area contributed by atoms with Gasteiger partial charge in [-0.25, -0.2) is 9.78 Å². The van der Waals surface area contributed by atoms with Gasteiger partial charge < -0.3 is 10.1 Å². The van der Waals surface area contributed by atoms with Crippen molar-refractivity contribution in [3.05, 3.63) is 54.2 Å². The van der Waals surface area contributed by atoms with Gasteiger partial charge in [0.2, 0.25) is 0 Å². The molecule has 1 aromatic carbocycles. The maximum atomic E-state index is 12.0. The van der Waals surface area contributed by atoms with E-state index in [1.54, 1.807) is 0 Å². The molecular formula is C14H6Cl6N2O3. The molecule has 2 rings (SSSR count). The van der Waals surface area contributed by atoms with Gasteiger partial charge >= 0.3 is 5.97 Å². The van der Waals surface area contributed by atoms with E-state index in [4.69, 9.17) is 74.3 Å². The van der Waals surface area contributed by atoms with Gasteiger partial charge in [0.15, 0.2) is 12.3 Å². The second-order valence-corrected chi connectivity index (χ2v) is 6.78. The fourth-order valence-electron chi connectivity index (χ4n) is 1.60. The lowest BCUT2D eigenvalue weighted by Crippen LogP contribution is -2.21. The minimum Gasteiger partial charge on any atom is -0.451 e. The second-order valence-electron chi connectivity index (χ2n) is 4.44. The normalized spacial score (nSPS) is 10.5. The molecule has 5 nitrogen and oxygen atoms in total. The van der Waals surface area contributed by atoms with Gasteiger partial charge in [-0.05, 0) is 18.2 Å². The van der Waals surface area contributed by atoms with Gasteiger partial charge in [0.1, 0.15) is 5.15 Å². The van der Waals surface area contributed by atoms with Crippen LogP contribution in [0.25, 0.3) is 0 Å². The van der Waals surface area contributed by atoms with Crippen molar-refractivity contribution in [2.24, 2.45) is 0 Å². The summed E-state index contributed by atoms with van der Waals surface area (Å²) in [6.45, 7) is -0.617. The molecule has 1 heterocycles. The lowest BCUT2D eigenvalue weighted by molar-refractivity contribution is -0.119. The molecule has 0 aliphatic rings. The molecule has 2 aromatic rings. The van der Waals surface area contributed by atoms with E-state index < -0.39 is 18.5 Å². The van der Waals surface area contributed by atoms with Crippen LogP contribution in [0.5, 0.6) is 0 Å². The SMILES string of the molecule is O=C(COC(=O)c1nc(Cl)c(Cl)c(Cl)c1Cl)Nc1ccc(Cl)cc1Cl. The Kier molecular flexibility index (Phi) is 7.02. The predicted octanol–water partition coefficient (Wildman–Crippen LogP) is 5.80. The van der Waals surface area contributed by atoms with Gasteiger partial charge in [0.05, 0.1) is 25.8 Å². The Balaban J connectivity index is 2.04. The molecule has 0 spiro atoms. The minimum atomic E-state index is -0.997. The number of esters is 1. The molecular weight excluding hydrogens is 457 g/mol. The first-order chi connectivity index (χ1) is 11.7. The van der Waals surface area contributed by atoms with Crippen molar-refractivity contribution < 1.29 is 14.3 Å². The summed E-state index contributed by atoms with van der Waals surface area (Å²) in [6, 6.07) is 4.49. The van der Waals surface area contributed by atoms with Crippen LogP contribution in [0.1, 0.15) is 10.5 Å². The van der Waals surface area contributed by atoms with Gasteiger partial charge in [-0.2, -0.15) is 0 Å². The van der Waals surface area contributed by atoms with Gasteiger partial charge in [0.25, 0.3) is 5.91 Å². The molecule has 0 saturated carbocycles. The molecule has 0 saturated heterocycles. The number of pyridine rings is 1. The molecule has 1 aromatic heterocycles. The van der Waals surface area contributed by atoms with E-state index in [9.17, 15) is 9.59 Å². The van der Waals surface area contributed by atoms with Crippen LogP contribution in [0.2, 0.25) is 30.3 Å². The largest absolute Gasteiger partial charge is 0.451 e. The summed E-state index contributed by atoms with van der Waals surface area (Å²) in [6.07, 6.45) is 0. The maximum absolute atomic E-state index is 12.0. The molecule has 0 atom stereocenters. The highest BCUT2D eigenvalue weighted by Crippen LogP contribution is 2.36. The first kappa shape index (κ1) is 20.4. The number of anilines is 1. The summed E-state index contributed by atoms with van der Waals surface area (Å²) in [5.74, 6) is -1.64. The maximum Gasteiger partial charge on any atom is 0.359 e. The van der Waals surface area contributed by atoms with Crippen LogP contribution in [0.4, 0.5) is 5.69 Å². The number of hydrogen-bond acceptors (Lipinski definition) is 4. The first-order valence-electron chi connectivity index (χ1n) is 6.32. The number of amides is 1. The molecule has 0 radical (unpaired) electrons. The molecule has 0 aliphatic heterocycles. The highest BCUT2D eigenvalue weighted by molar-refractivity contribution is 6.52. The molecule has 1 amide bonds. The van der Waals surface area contributed by atoms with Crippen LogP contribution < -0.4 is 5.32 Å². The number of carbonyl (C=O) groups excluding carboxylic acids is 2. The van der Waals surface area contributed by atoms with E-state index in [1.807, 2.05) is 0 Å². The van der Waals surface area contributed by atoms with Crippen LogP contribution in [0.3, 0.4) is 0 Å². The van der Waals surface area contributed by atoms with Crippen molar-refractivity contribution >= 4 is 87.2 Å². The molecule has 0 unspecified atom stereocenters. The number of nitrogens with one attached hydrogen (secondary N) is 1. The zero-order chi connectivity index (χ0) is 18.7. The number of halogens is 6. The second kappa shape index (κ2) is 8.62. The molecule has 0 bridgehead atoms. The highest BCUT2D eigenvalue weighted by Gasteiger charge is 2.22. The third-order valence-electron chi connectivity index (χ3n) is 2.72. The van der Waals surface area contributed by atoms with Crippen LogP contribution >= 0.6 is 69.6 Å². The molecule has 0 fully saturated rings. The standard InChI is InChI=1S/C14H6Cl6N2O3/c15-5-1-2-7(6(16)3-5)21-8(23)4-25-14(24)12-10(18)9(17)11(19)13(20)22-12/h1-3H,4H2,(H,21,23). The van der Waals surface area contributed by atoms with E-state index in [0.717, 1.165) is 0 Å². The van der Waals surface area contributed by atoms with Crippen molar-refractivity contribution in [2.75, 3.05) is 11.9 Å². The third-order valence-corrected chi connectivity index (χ3v) is 4.94. The Hall–Kier alpha value is -0.950. The lowest BCUT2D eigenvalue weighted by Gasteiger charge is -2.10. The summed E-state index contributed by atoms with van der Waals surface area (Å²) in [5.41, 5.74) is -0.0563. The summed E-state index contributed by atoms with van der Waals surface area (Å²) in [7, 11) is 0. The van der Waals surface area contributed by atoms with Crippen LogP contribution in [-0.4, -0.2) is 23.5 Å². The minimum absolute atomic E-state index is 0.0972. The molecule has 132 valence electrons. The van der Waals surface area contributed by atoms with Crippen molar-refractivity contribution in [1.29, 1.82) is 0 Å². The molecule has 1 N–H and O–H groups in total. The number of rotatable bonds is 4. The smallest absolute Gasteiger partial charge is 0.359 e. The zero-order valence-electron chi connectivity index (χ0n) is 11.9. The number of hydrogen-bond donors (Lipinski definition) is 1. The van der Waals surface area contributed by atoms with Crippen molar-refractivity contribution in [3.63, 3.8) is 0 Å². The highest BCUT2D eigenvalue weighted by atomic mass is 35.5. The summed E-state index contributed by atoms with van der Waals surface area (Å²) in [4.78, 5) is 27.5. The number of carbonyl (C=O) groups is 2. The Morgan fingerprint density at radius 1 is 1.00 bits per heavy atom. The average molecular weight is 463 g/mol. The van der Waals surface area contributed by atoms with Crippen LogP contribution in [0.15, 0.2) is 18.2 Å². The van der Waals surface area contributed by atoms with Gasteiger partial charge in [-0.3, -0.25) is 4.79 Å². The predicted molar refractivity (Wildman–Crippen MR) is 99.7 cm³/mol. The van der Waals surface area contributed by atoms with Gasteiger partial charge in [-0.15, -0.1) is 0 Å². The number of benzene rings is 1. The first-order valence-corrected chi connectivity index (χ1v) is 8.59. The van der Waals surface area contributed by atoms with Crippen LogP contribution in [-0.2, 0) is 9.53 Å². The fraction of sp³-hybridized carbons (Fsp3) is 0.0714. The number of ether oxygens (including phenoxy) is 1. The summed E-state index contributed by atoms with van der Waals surface area (Å²) >= 11 is 34.9. The molecule has 25 heavy (non-hydrogen) atoms. The Labute approximate surface area is 172 Å². The fourth-order valence-corrected chi connectivity index (χ4v) is 2.86. The van der Waals surface area contributed by atoms with Crippen molar-refractivity contribution in [2.45, 2.75) is 0 Å². The van der Waals surface area contributed by atoms with Gasteiger partial charge in [0, 0.05) is 5.02 Å². The monoisotopic (exact) mass is 460 g/mol. The summed E-state index contributed by atoms with van der Waals surface area (Å²) in [5, 5.41) is 2.40. The average Bonchev–Trinajstić information content (AvgIpc) is 2.56. The van der Waals surface area contributed by atoms with E-state index in [-0.39, 0.29) is 30.9 Å². The van der Waals surface area contributed by atoms with Gasteiger partial charge in [-0.1, -0.05) is 69.6 Å². The van der Waals surface area contributed by atoms with E-state index in [1.165, 1.54) is 18.2 Å². The molecule has 11 heteroatoms. The topological polar surface area (TPSA) is 68.3 Å². The third kappa shape index (κ3) is 5.03. The Morgan fingerprint density at radius 3 is 2.32 bits per heavy atom. The zero-order valence-corrected chi connectivity index (χ0v) is 16.4.